The van der Waals surface area contributed by atoms with Crippen molar-refractivity contribution in [2.24, 2.45) is 10.4 Å². The Hall–Kier alpha value is -1.83. The van der Waals surface area contributed by atoms with Crippen LogP contribution >= 0.6 is 0 Å². The molecule has 0 saturated carbocycles. The molecule has 1 unspecified atom stereocenters. The molecule has 0 aliphatic carbocycles. The molecule has 130 valence electrons. The summed E-state index contributed by atoms with van der Waals surface area (Å²) in [6.07, 6.45) is 2.66. The molecule has 8 heteroatoms. The third-order valence-corrected chi connectivity index (χ3v) is 4.40. The van der Waals surface area contributed by atoms with Gasteiger partial charge in [0.05, 0.1) is 13.2 Å². The molecule has 3 N–H and O–H groups in total. The molecule has 2 heterocycles. The van der Waals surface area contributed by atoms with Crippen molar-refractivity contribution in [3.63, 3.8) is 0 Å². The molecule has 2 fully saturated rings. The highest BCUT2D eigenvalue weighted by Gasteiger charge is 2.42. The number of carbonyl (C=O) groups is 2. The predicted molar refractivity (Wildman–Crippen MR) is 87.1 cm³/mol. The van der Waals surface area contributed by atoms with Crippen LogP contribution in [-0.2, 0) is 14.3 Å². The number of rotatable bonds is 5. The molecule has 1 atom stereocenters. The van der Waals surface area contributed by atoms with Crippen LogP contribution in [0, 0.1) is 5.41 Å². The van der Waals surface area contributed by atoms with Crippen LogP contribution in [0.2, 0.25) is 0 Å². The van der Waals surface area contributed by atoms with Gasteiger partial charge in [-0.15, -0.1) is 0 Å². The van der Waals surface area contributed by atoms with Crippen LogP contribution < -0.4 is 16.0 Å². The third-order valence-electron chi connectivity index (χ3n) is 4.40. The predicted octanol–water partition coefficient (Wildman–Crippen LogP) is -1.07. The Bertz CT molecular complexity index is 468. The summed E-state index contributed by atoms with van der Waals surface area (Å²) in [6.45, 7) is 3.58. The summed E-state index contributed by atoms with van der Waals surface area (Å²) < 4.78 is 4.90. The van der Waals surface area contributed by atoms with E-state index in [1.807, 2.05) is 0 Å². The maximum Gasteiger partial charge on any atom is 0.239 e. The van der Waals surface area contributed by atoms with Gasteiger partial charge in [-0.2, -0.15) is 0 Å². The largest absolute Gasteiger partial charge is 0.383 e. The molecule has 2 amide bonds. The number of nitrogens with one attached hydrogen (secondary N) is 3. The SMILES string of the molecule is CN=C(NCC(=O)NCCOC)N1CCCC2(CNC(=O)C2)C1. The minimum atomic E-state index is -0.0902. The van der Waals surface area contributed by atoms with E-state index in [0.29, 0.717) is 25.5 Å². The zero-order chi connectivity index (χ0) is 16.7. The molecule has 0 aromatic heterocycles. The van der Waals surface area contributed by atoms with E-state index < -0.39 is 0 Å². The number of piperidine rings is 1. The maximum absolute atomic E-state index is 11.8. The van der Waals surface area contributed by atoms with E-state index in [1.54, 1.807) is 14.2 Å². The number of likely N-dealkylation sites (tertiary alicyclic amines) is 1. The first kappa shape index (κ1) is 17.5. The highest BCUT2D eigenvalue weighted by Crippen LogP contribution is 2.35. The van der Waals surface area contributed by atoms with Crippen molar-refractivity contribution in [2.75, 3.05) is 53.5 Å². The second kappa shape index (κ2) is 8.14. The van der Waals surface area contributed by atoms with Gasteiger partial charge in [0, 0.05) is 52.2 Å². The average molecular weight is 325 g/mol. The van der Waals surface area contributed by atoms with Gasteiger partial charge in [0.15, 0.2) is 5.96 Å². The minimum absolute atomic E-state index is 0.00762. The van der Waals surface area contributed by atoms with E-state index in [-0.39, 0.29) is 23.8 Å². The first-order chi connectivity index (χ1) is 11.1. The van der Waals surface area contributed by atoms with Gasteiger partial charge in [0.2, 0.25) is 11.8 Å². The number of guanidine groups is 1. The number of aliphatic imine (C=N–C) groups is 1. The number of amides is 2. The molecule has 0 aromatic rings. The molecule has 0 bridgehead atoms. The summed E-state index contributed by atoms with van der Waals surface area (Å²) in [5.74, 6) is 0.755. The van der Waals surface area contributed by atoms with Crippen molar-refractivity contribution in [3.8, 4) is 0 Å². The molecule has 2 aliphatic rings. The lowest BCUT2D eigenvalue weighted by Gasteiger charge is -2.40. The Morgan fingerprint density at radius 3 is 2.96 bits per heavy atom. The fourth-order valence-electron chi connectivity index (χ4n) is 3.28. The van der Waals surface area contributed by atoms with Crippen molar-refractivity contribution in [1.29, 1.82) is 0 Å². The fourth-order valence-corrected chi connectivity index (χ4v) is 3.28. The molecule has 2 rings (SSSR count). The molecule has 23 heavy (non-hydrogen) atoms. The summed E-state index contributed by atoms with van der Waals surface area (Å²) >= 11 is 0. The van der Waals surface area contributed by atoms with Gasteiger partial charge in [-0.3, -0.25) is 14.6 Å². The van der Waals surface area contributed by atoms with Crippen LogP contribution in [0.3, 0.4) is 0 Å². The highest BCUT2D eigenvalue weighted by molar-refractivity contribution is 5.86. The summed E-state index contributed by atoms with van der Waals surface area (Å²) in [5, 5.41) is 8.80. The first-order valence-electron chi connectivity index (χ1n) is 8.06. The number of ether oxygens (including phenoxy) is 1. The van der Waals surface area contributed by atoms with Crippen LogP contribution in [-0.4, -0.2) is 76.2 Å². The summed E-state index contributed by atoms with van der Waals surface area (Å²) in [5.41, 5.74) is 0.00762. The van der Waals surface area contributed by atoms with Crippen molar-refractivity contribution >= 4 is 17.8 Å². The van der Waals surface area contributed by atoms with Crippen LogP contribution in [0.25, 0.3) is 0 Å². The van der Waals surface area contributed by atoms with E-state index in [0.717, 1.165) is 32.5 Å². The Kier molecular flexibility index (Phi) is 6.20. The molecule has 2 saturated heterocycles. The number of nitrogens with zero attached hydrogens (tertiary/aromatic N) is 2. The highest BCUT2D eigenvalue weighted by atomic mass is 16.5. The van der Waals surface area contributed by atoms with Crippen molar-refractivity contribution in [2.45, 2.75) is 19.3 Å². The Morgan fingerprint density at radius 2 is 2.30 bits per heavy atom. The molecule has 0 aromatic carbocycles. The second-order valence-electron chi connectivity index (χ2n) is 6.22. The van der Waals surface area contributed by atoms with E-state index >= 15 is 0 Å². The summed E-state index contributed by atoms with van der Waals surface area (Å²) in [7, 11) is 3.31. The lowest BCUT2D eigenvalue weighted by atomic mass is 9.79. The van der Waals surface area contributed by atoms with Gasteiger partial charge in [0.1, 0.15) is 0 Å². The van der Waals surface area contributed by atoms with Gasteiger partial charge in [-0.1, -0.05) is 0 Å². The maximum atomic E-state index is 11.8. The number of hydrogen-bond acceptors (Lipinski definition) is 4. The molecule has 8 nitrogen and oxygen atoms in total. The lowest BCUT2D eigenvalue weighted by molar-refractivity contribution is -0.120. The van der Waals surface area contributed by atoms with Gasteiger partial charge in [-0.05, 0) is 12.8 Å². The van der Waals surface area contributed by atoms with Crippen molar-refractivity contribution in [1.82, 2.24) is 20.9 Å². The Morgan fingerprint density at radius 1 is 1.48 bits per heavy atom. The average Bonchev–Trinajstić information content (AvgIpc) is 2.88. The van der Waals surface area contributed by atoms with Crippen molar-refractivity contribution < 1.29 is 14.3 Å². The number of methoxy groups -OCH3 is 1. The van der Waals surface area contributed by atoms with E-state index in [9.17, 15) is 9.59 Å². The van der Waals surface area contributed by atoms with Crippen LogP contribution in [0.4, 0.5) is 0 Å². The first-order valence-corrected chi connectivity index (χ1v) is 8.06. The van der Waals surface area contributed by atoms with E-state index in [1.165, 1.54) is 0 Å². The Labute approximate surface area is 137 Å². The normalized spacial score (nSPS) is 24.7. The molecule has 1 spiro atoms. The van der Waals surface area contributed by atoms with E-state index in [4.69, 9.17) is 4.74 Å². The number of carbonyl (C=O) groups excluding carboxylic acids is 2. The second-order valence-corrected chi connectivity index (χ2v) is 6.22. The van der Waals surface area contributed by atoms with Crippen LogP contribution in [0.15, 0.2) is 4.99 Å². The molecule has 2 aliphatic heterocycles. The zero-order valence-electron chi connectivity index (χ0n) is 14.0. The topological polar surface area (TPSA) is 95.1 Å². The quantitative estimate of drug-likeness (QED) is 0.340. The summed E-state index contributed by atoms with van der Waals surface area (Å²) in [6, 6.07) is 0. The van der Waals surface area contributed by atoms with Crippen LogP contribution in [0.5, 0.6) is 0 Å². The fraction of sp³-hybridized carbons (Fsp3) is 0.800. The van der Waals surface area contributed by atoms with Gasteiger partial charge >= 0.3 is 0 Å². The molecular formula is C15H27N5O3. The Balaban J connectivity index is 1.83. The number of hydrogen-bond donors (Lipinski definition) is 3. The lowest BCUT2D eigenvalue weighted by Crippen LogP contribution is -2.52. The van der Waals surface area contributed by atoms with Gasteiger partial charge in [0.25, 0.3) is 0 Å². The van der Waals surface area contributed by atoms with E-state index in [2.05, 4.69) is 25.8 Å². The van der Waals surface area contributed by atoms with Crippen LogP contribution in [0.1, 0.15) is 19.3 Å². The zero-order valence-corrected chi connectivity index (χ0v) is 14.0. The minimum Gasteiger partial charge on any atom is -0.383 e. The third kappa shape index (κ3) is 4.82. The smallest absolute Gasteiger partial charge is 0.239 e. The van der Waals surface area contributed by atoms with Gasteiger partial charge < -0.3 is 25.6 Å². The van der Waals surface area contributed by atoms with Crippen molar-refractivity contribution in [3.05, 3.63) is 0 Å². The molecule has 0 radical (unpaired) electrons. The molecular weight excluding hydrogens is 298 g/mol. The summed E-state index contributed by atoms with van der Waals surface area (Å²) in [4.78, 5) is 29.7. The standard InChI is InChI=1S/C15H27N5O3/c1-16-14(18-9-13(22)17-5-7-23-2)20-6-3-4-15(11-20)8-12(21)19-10-15/h3-11H2,1-2H3,(H,16,18)(H,17,22)(H,19,21). The monoisotopic (exact) mass is 325 g/mol. The van der Waals surface area contributed by atoms with Gasteiger partial charge in [-0.25, -0.2) is 0 Å².